The minimum absolute atomic E-state index is 0.178. The molecule has 94 valence electrons. The van der Waals surface area contributed by atoms with Crippen LogP contribution in [0.3, 0.4) is 0 Å². The zero-order valence-electron chi connectivity index (χ0n) is 9.65. The van der Waals surface area contributed by atoms with Crippen LogP contribution < -0.4 is 10.5 Å². The molecule has 2 rings (SSSR count). The highest BCUT2D eigenvalue weighted by Crippen LogP contribution is 2.40. The standard InChI is InChI=1S/C12H16FNO3/c1-16-10-3-2-8(13)4-9(10)12(6-17-7-12)11(14)5-15/h2-4,11,15H,5-7,14H2,1H3. The second-order valence-corrected chi connectivity index (χ2v) is 4.28. The smallest absolute Gasteiger partial charge is 0.123 e. The summed E-state index contributed by atoms with van der Waals surface area (Å²) < 4.78 is 23.7. The monoisotopic (exact) mass is 241 g/mol. The second kappa shape index (κ2) is 4.60. The first-order valence-corrected chi connectivity index (χ1v) is 5.42. The van der Waals surface area contributed by atoms with Gasteiger partial charge in [0.25, 0.3) is 0 Å². The molecule has 0 aliphatic carbocycles. The average molecular weight is 241 g/mol. The molecule has 1 aromatic rings. The first kappa shape index (κ1) is 12.3. The average Bonchev–Trinajstić information content (AvgIpc) is 2.27. The molecule has 1 aliphatic rings. The zero-order valence-corrected chi connectivity index (χ0v) is 9.65. The van der Waals surface area contributed by atoms with Gasteiger partial charge in [-0.25, -0.2) is 4.39 Å². The topological polar surface area (TPSA) is 64.7 Å². The predicted octanol–water partition coefficient (Wildman–Crippen LogP) is 0.422. The number of methoxy groups -OCH3 is 1. The van der Waals surface area contributed by atoms with E-state index in [1.165, 1.54) is 19.2 Å². The Kier molecular flexibility index (Phi) is 3.33. The fourth-order valence-electron chi connectivity index (χ4n) is 2.14. The molecule has 1 saturated heterocycles. The van der Waals surface area contributed by atoms with Gasteiger partial charge in [0.05, 0.1) is 32.3 Å². The maximum Gasteiger partial charge on any atom is 0.123 e. The molecule has 0 amide bonds. The summed E-state index contributed by atoms with van der Waals surface area (Å²) in [6.07, 6.45) is 0. The van der Waals surface area contributed by atoms with Crippen molar-refractivity contribution >= 4 is 0 Å². The van der Waals surface area contributed by atoms with Crippen LogP contribution >= 0.6 is 0 Å². The number of aliphatic hydroxyl groups excluding tert-OH is 1. The summed E-state index contributed by atoms with van der Waals surface area (Å²) in [7, 11) is 1.52. The quantitative estimate of drug-likeness (QED) is 0.802. The van der Waals surface area contributed by atoms with E-state index in [9.17, 15) is 9.50 Å². The van der Waals surface area contributed by atoms with Crippen LogP contribution in [0.4, 0.5) is 4.39 Å². The summed E-state index contributed by atoms with van der Waals surface area (Å²) in [4.78, 5) is 0. The third-order valence-electron chi connectivity index (χ3n) is 3.32. The van der Waals surface area contributed by atoms with Gasteiger partial charge in [0.15, 0.2) is 0 Å². The Morgan fingerprint density at radius 2 is 2.29 bits per heavy atom. The van der Waals surface area contributed by atoms with Gasteiger partial charge in [0.1, 0.15) is 11.6 Å². The highest BCUT2D eigenvalue weighted by Gasteiger charge is 2.47. The number of hydrogen-bond acceptors (Lipinski definition) is 4. The van der Waals surface area contributed by atoms with Crippen molar-refractivity contribution in [1.29, 1.82) is 0 Å². The summed E-state index contributed by atoms with van der Waals surface area (Å²) in [6, 6.07) is 3.80. The van der Waals surface area contributed by atoms with Crippen molar-refractivity contribution in [2.45, 2.75) is 11.5 Å². The normalized spacial score (nSPS) is 19.5. The van der Waals surface area contributed by atoms with Gasteiger partial charge in [-0.3, -0.25) is 0 Å². The van der Waals surface area contributed by atoms with Crippen LogP contribution in [0.5, 0.6) is 5.75 Å². The number of aliphatic hydroxyl groups is 1. The molecule has 0 bridgehead atoms. The van der Waals surface area contributed by atoms with Gasteiger partial charge in [-0.2, -0.15) is 0 Å². The highest BCUT2D eigenvalue weighted by molar-refractivity contribution is 5.43. The van der Waals surface area contributed by atoms with Gasteiger partial charge in [-0.1, -0.05) is 0 Å². The molecule has 1 aliphatic heterocycles. The van der Waals surface area contributed by atoms with Crippen LogP contribution in [0.2, 0.25) is 0 Å². The Balaban J connectivity index is 2.46. The van der Waals surface area contributed by atoms with Gasteiger partial charge in [0, 0.05) is 11.6 Å². The first-order chi connectivity index (χ1) is 8.14. The van der Waals surface area contributed by atoms with Crippen LogP contribution in [0.25, 0.3) is 0 Å². The lowest BCUT2D eigenvalue weighted by atomic mass is 9.72. The fourth-order valence-corrected chi connectivity index (χ4v) is 2.14. The molecule has 1 heterocycles. The van der Waals surface area contributed by atoms with E-state index in [-0.39, 0.29) is 12.4 Å². The van der Waals surface area contributed by atoms with Crippen molar-refractivity contribution in [3.05, 3.63) is 29.6 Å². The Morgan fingerprint density at radius 1 is 1.59 bits per heavy atom. The fraction of sp³-hybridized carbons (Fsp3) is 0.500. The molecule has 5 heteroatoms. The van der Waals surface area contributed by atoms with Crippen molar-refractivity contribution in [2.75, 3.05) is 26.9 Å². The van der Waals surface area contributed by atoms with Crippen LogP contribution in [0.15, 0.2) is 18.2 Å². The maximum atomic E-state index is 13.3. The Labute approximate surface area is 99.1 Å². The number of hydrogen-bond donors (Lipinski definition) is 2. The molecule has 1 aromatic carbocycles. The van der Waals surface area contributed by atoms with E-state index in [1.54, 1.807) is 6.07 Å². The van der Waals surface area contributed by atoms with Gasteiger partial charge < -0.3 is 20.3 Å². The summed E-state index contributed by atoms with van der Waals surface area (Å²) >= 11 is 0. The lowest BCUT2D eigenvalue weighted by molar-refractivity contribution is -0.0807. The lowest BCUT2D eigenvalue weighted by Crippen LogP contribution is -2.60. The van der Waals surface area contributed by atoms with E-state index in [4.69, 9.17) is 15.2 Å². The Bertz CT molecular complexity index is 407. The van der Waals surface area contributed by atoms with Gasteiger partial charge in [-0.05, 0) is 18.2 Å². The van der Waals surface area contributed by atoms with Crippen molar-refractivity contribution < 1.29 is 19.0 Å². The minimum Gasteiger partial charge on any atom is -0.496 e. The summed E-state index contributed by atoms with van der Waals surface area (Å²) in [5.74, 6) is 0.218. The van der Waals surface area contributed by atoms with Gasteiger partial charge in [-0.15, -0.1) is 0 Å². The molecule has 17 heavy (non-hydrogen) atoms. The van der Waals surface area contributed by atoms with E-state index in [0.29, 0.717) is 24.5 Å². The summed E-state index contributed by atoms with van der Waals surface area (Å²) in [6.45, 7) is 0.562. The van der Waals surface area contributed by atoms with E-state index >= 15 is 0 Å². The molecule has 1 atom stereocenters. The highest BCUT2D eigenvalue weighted by atomic mass is 19.1. The largest absolute Gasteiger partial charge is 0.496 e. The van der Waals surface area contributed by atoms with E-state index in [0.717, 1.165) is 0 Å². The molecule has 0 radical (unpaired) electrons. The van der Waals surface area contributed by atoms with Gasteiger partial charge >= 0.3 is 0 Å². The Morgan fingerprint density at radius 3 is 2.76 bits per heavy atom. The van der Waals surface area contributed by atoms with Crippen molar-refractivity contribution in [3.63, 3.8) is 0 Å². The summed E-state index contributed by atoms with van der Waals surface area (Å²) in [5.41, 5.74) is 6.02. The second-order valence-electron chi connectivity index (χ2n) is 4.28. The molecular formula is C12H16FNO3. The van der Waals surface area contributed by atoms with Crippen LogP contribution in [0.1, 0.15) is 5.56 Å². The van der Waals surface area contributed by atoms with E-state index in [2.05, 4.69) is 0 Å². The van der Waals surface area contributed by atoms with Crippen molar-refractivity contribution in [2.24, 2.45) is 5.73 Å². The molecule has 3 N–H and O–H groups in total. The van der Waals surface area contributed by atoms with Crippen LogP contribution in [-0.4, -0.2) is 38.1 Å². The third kappa shape index (κ3) is 1.90. The predicted molar refractivity (Wildman–Crippen MR) is 60.5 cm³/mol. The number of halogens is 1. The molecule has 1 fully saturated rings. The number of rotatable bonds is 4. The van der Waals surface area contributed by atoms with Crippen molar-refractivity contribution in [3.8, 4) is 5.75 Å². The summed E-state index contributed by atoms with van der Waals surface area (Å²) in [5, 5.41) is 9.21. The molecule has 0 spiro atoms. The molecule has 0 saturated carbocycles. The minimum atomic E-state index is -0.553. The lowest BCUT2D eigenvalue weighted by Gasteiger charge is -2.46. The number of nitrogens with two attached hydrogens (primary N) is 1. The maximum absolute atomic E-state index is 13.3. The van der Waals surface area contributed by atoms with Crippen molar-refractivity contribution in [1.82, 2.24) is 0 Å². The molecule has 1 unspecified atom stereocenters. The van der Waals surface area contributed by atoms with Crippen LogP contribution in [-0.2, 0) is 10.2 Å². The molecule has 4 nitrogen and oxygen atoms in total. The van der Waals surface area contributed by atoms with Gasteiger partial charge in [0.2, 0.25) is 0 Å². The zero-order chi connectivity index (χ0) is 12.5. The number of benzene rings is 1. The Hall–Kier alpha value is -1.17. The van der Waals surface area contributed by atoms with E-state index in [1.807, 2.05) is 0 Å². The van der Waals surface area contributed by atoms with Crippen LogP contribution in [0, 0.1) is 5.82 Å². The third-order valence-corrected chi connectivity index (χ3v) is 3.32. The van der Waals surface area contributed by atoms with E-state index < -0.39 is 11.5 Å². The number of ether oxygens (including phenoxy) is 2. The first-order valence-electron chi connectivity index (χ1n) is 5.42. The SMILES string of the molecule is COc1ccc(F)cc1C1(C(N)CO)COC1. The molecular weight excluding hydrogens is 225 g/mol. The molecule has 0 aromatic heterocycles.